The van der Waals surface area contributed by atoms with Crippen LogP contribution in [-0.4, -0.2) is 14.9 Å². The van der Waals surface area contributed by atoms with Gasteiger partial charge in [-0.25, -0.2) is 9.97 Å². The molecule has 0 fully saturated rings. The van der Waals surface area contributed by atoms with Crippen molar-refractivity contribution >= 4 is 23.5 Å². The Labute approximate surface area is 142 Å². The van der Waals surface area contributed by atoms with E-state index in [1.54, 1.807) is 24.3 Å². The SMILES string of the molecule is Cc1cc(C)nc(Sc2ccc(C=C(C#N)C#N)cc2[N+](=O)[O-])n1. The largest absolute Gasteiger partial charge is 0.283 e. The number of nitro groups is 1. The third-order valence-electron chi connectivity index (χ3n) is 2.89. The molecule has 1 aromatic heterocycles. The van der Waals surface area contributed by atoms with E-state index in [0.29, 0.717) is 15.6 Å². The molecule has 0 atom stereocenters. The Kier molecular flexibility index (Phi) is 5.25. The van der Waals surface area contributed by atoms with Crippen LogP contribution in [0.4, 0.5) is 5.69 Å². The summed E-state index contributed by atoms with van der Waals surface area (Å²) >= 11 is 1.10. The minimum atomic E-state index is -0.513. The number of rotatable bonds is 4. The van der Waals surface area contributed by atoms with Gasteiger partial charge in [0, 0.05) is 17.5 Å². The molecule has 24 heavy (non-hydrogen) atoms. The van der Waals surface area contributed by atoms with Gasteiger partial charge in [0.25, 0.3) is 5.69 Å². The van der Waals surface area contributed by atoms with Gasteiger partial charge in [0.15, 0.2) is 5.16 Å². The normalized spacial score (nSPS) is 9.67. The molecule has 7 nitrogen and oxygen atoms in total. The van der Waals surface area contributed by atoms with E-state index in [2.05, 4.69) is 9.97 Å². The molecule has 2 aromatic rings. The predicted octanol–water partition coefficient (Wildman–Crippen LogP) is 3.58. The van der Waals surface area contributed by atoms with Crippen LogP contribution in [0.2, 0.25) is 0 Å². The van der Waals surface area contributed by atoms with Crippen molar-refractivity contribution in [2.45, 2.75) is 23.9 Å². The van der Waals surface area contributed by atoms with Crippen LogP contribution in [0.1, 0.15) is 17.0 Å². The van der Waals surface area contributed by atoms with Gasteiger partial charge < -0.3 is 0 Å². The molecular weight excluding hydrogens is 326 g/mol. The number of aromatic nitrogens is 2. The molecule has 0 unspecified atom stereocenters. The Morgan fingerprint density at radius 1 is 1.21 bits per heavy atom. The number of allylic oxidation sites excluding steroid dienone is 1. The lowest BCUT2D eigenvalue weighted by Crippen LogP contribution is -1.95. The minimum Gasteiger partial charge on any atom is -0.258 e. The number of nitrogens with zero attached hydrogens (tertiary/aromatic N) is 5. The number of nitriles is 2. The molecule has 118 valence electrons. The van der Waals surface area contributed by atoms with E-state index in [0.717, 1.165) is 23.1 Å². The molecule has 0 saturated carbocycles. The maximum absolute atomic E-state index is 11.3. The van der Waals surface area contributed by atoms with Gasteiger partial charge in [-0.2, -0.15) is 10.5 Å². The fraction of sp³-hybridized carbons (Fsp3) is 0.125. The van der Waals surface area contributed by atoms with Crippen molar-refractivity contribution < 1.29 is 4.92 Å². The number of aryl methyl sites for hydroxylation is 2. The highest BCUT2D eigenvalue weighted by atomic mass is 32.2. The van der Waals surface area contributed by atoms with E-state index in [1.165, 1.54) is 12.1 Å². The first-order valence-electron chi connectivity index (χ1n) is 6.73. The van der Waals surface area contributed by atoms with Crippen LogP contribution in [-0.2, 0) is 0 Å². The first-order chi connectivity index (χ1) is 11.4. The Bertz CT molecular complexity index is 889. The molecule has 0 aliphatic rings. The number of nitro benzene ring substituents is 1. The standard InChI is InChI=1S/C16H11N5O2S/c1-10-5-11(2)20-16(19-10)24-15-4-3-12(6-13(8-17)9-18)7-14(15)21(22)23/h3-7H,1-2H3. The highest BCUT2D eigenvalue weighted by Gasteiger charge is 2.17. The fourth-order valence-corrected chi connectivity index (χ4v) is 2.90. The van der Waals surface area contributed by atoms with Crippen molar-refractivity contribution in [2.75, 3.05) is 0 Å². The molecule has 1 aromatic carbocycles. The second-order valence-electron chi connectivity index (χ2n) is 4.80. The van der Waals surface area contributed by atoms with Crippen molar-refractivity contribution in [2.24, 2.45) is 0 Å². The van der Waals surface area contributed by atoms with Crippen LogP contribution in [0.3, 0.4) is 0 Å². The van der Waals surface area contributed by atoms with E-state index in [9.17, 15) is 10.1 Å². The molecule has 2 rings (SSSR count). The second-order valence-corrected chi connectivity index (χ2v) is 5.81. The Morgan fingerprint density at radius 2 is 1.83 bits per heavy atom. The van der Waals surface area contributed by atoms with Gasteiger partial charge in [0.05, 0.1) is 9.82 Å². The summed E-state index contributed by atoms with van der Waals surface area (Å²) in [6.45, 7) is 3.65. The van der Waals surface area contributed by atoms with Crippen molar-refractivity contribution in [1.29, 1.82) is 10.5 Å². The molecule has 0 radical (unpaired) electrons. The minimum absolute atomic E-state index is 0.123. The van der Waals surface area contributed by atoms with Gasteiger partial charge in [-0.15, -0.1) is 0 Å². The fourth-order valence-electron chi connectivity index (χ4n) is 1.95. The number of hydrogen-bond donors (Lipinski definition) is 0. The highest BCUT2D eigenvalue weighted by molar-refractivity contribution is 7.99. The van der Waals surface area contributed by atoms with E-state index < -0.39 is 4.92 Å². The summed E-state index contributed by atoms with van der Waals surface area (Å²) in [6, 6.07) is 9.74. The Morgan fingerprint density at radius 3 is 2.38 bits per heavy atom. The molecule has 1 heterocycles. The predicted molar refractivity (Wildman–Crippen MR) is 87.9 cm³/mol. The lowest BCUT2D eigenvalue weighted by atomic mass is 10.1. The summed E-state index contributed by atoms with van der Waals surface area (Å²) in [6.07, 6.45) is 1.30. The van der Waals surface area contributed by atoms with Gasteiger partial charge in [0.2, 0.25) is 0 Å². The summed E-state index contributed by atoms with van der Waals surface area (Å²) in [7, 11) is 0. The summed E-state index contributed by atoms with van der Waals surface area (Å²) in [5, 5.41) is 29.3. The molecule has 0 spiro atoms. The third kappa shape index (κ3) is 4.15. The van der Waals surface area contributed by atoms with Crippen LogP contribution in [0, 0.1) is 46.6 Å². The molecule has 0 amide bonds. The molecule has 0 N–H and O–H groups in total. The lowest BCUT2D eigenvalue weighted by molar-refractivity contribution is -0.387. The Balaban J connectivity index is 2.44. The zero-order valence-corrected chi connectivity index (χ0v) is 13.7. The van der Waals surface area contributed by atoms with E-state index >= 15 is 0 Å². The second kappa shape index (κ2) is 7.36. The summed E-state index contributed by atoms with van der Waals surface area (Å²) in [5.74, 6) is 0. The first-order valence-corrected chi connectivity index (χ1v) is 7.55. The number of benzene rings is 1. The van der Waals surface area contributed by atoms with Gasteiger partial charge in [0.1, 0.15) is 17.7 Å². The van der Waals surface area contributed by atoms with Crippen LogP contribution in [0.15, 0.2) is 39.9 Å². The maximum Gasteiger partial charge on any atom is 0.283 e. The Hall–Kier alpha value is -3.23. The highest BCUT2D eigenvalue weighted by Crippen LogP contribution is 2.34. The van der Waals surface area contributed by atoms with Gasteiger partial charge in [-0.1, -0.05) is 6.07 Å². The summed E-state index contributed by atoms with van der Waals surface area (Å²) < 4.78 is 0. The molecule has 0 saturated heterocycles. The van der Waals surface area contributed by atoms with Crippen LogP contribution in [0.25, 0.3) is 6.08 Å². The van der Waals surface area contributed by atoms with E-state index in [1.807, 2.05) is 19.9 Å². The van der Waals surface area contributed by atoms with Crippen molar-refractivity contribution in [3.63, 3.8) is 0 Å². The first kappa shape index (κ1) is 17.1. The summed E-state index contributed by atoms with van der Waals surface area (Å²) in [5.41, 5.74) is 1.71. The van der Waals surface area contributed by atoms with Crippen LogP contribution < -0.4 is 0 Å². The number of hydrogen-bond acceptors (Lipinski definition) is 7. The zero-order chi connectivity index (χ0) is 17.7. The summed E-state index contributed by atoms with van der Waals surface area (Å²) in [4.78, 5) is 19.7. The van der Waals surface area contributed by atoms with Gasteiger partial charge >= 0.3 is 0 Å². The molecule has 0 bridgehead atoms. The van der Waals surface area contributed by atoms with E-state index in [-0.39, 0.29) is 11.3 Å². The van der Waals surface area contributed by atoms with Gasteiger partial charge in [-0.3, -0.25) is 10.1 Å². The molecular formula is C16H11N5O2S. The maximum atomic E-state index is 11.3. The topological polar surface area (TPSA) is 116 Å². The van der Waals surface area contributed by atoms with Crippen molar-refractivity contribution in [1.82, 2.24) is 9.97 Å². The quantitative estimate of drug-likeness (QED) is 0.362. The smallest absolute Gasteiger partial charge is 0.258 e. The third-order valence-corrected chi connectivity index (χ3v) is 3.82. The van der Waals surface area contributed by atoms with Crippen molar-refractivity contribution in [3.05, 3.63) is 56.9 Å². The average Bonchev–Trinajstić information content (AvgIpc) is 2.52. The van der Waals surface area contributed by atoms with Crippen LogP contribution in [0.5, 0.6) is 0 Å². The zero-order valence-electron chi connectivity index (χ0n) is 12.8. The van der Waals surface area contributed by atoms with Crippen LogP contribution >= 0.6 is 11.8 Å². The molecule has 8 heteroatoms. The lowest BCUT2D eigenvalue weighted by Gasteiger charge is -2.05. The van der Waals surface area contributed by atoms with E-state index in [4.69, 9.17) is 10.5 Å². The molecule has 0 aliphatic carbocycles. The monoisotopic (exact) mass is 337 g/mol. The van der Waals surface area contributed by atoms with Gasteiger partial charge in [-0.05, 0) is 49.4 Å². The average molecular weight is 337 g/mol. The van der Waals surface area contributed by atoms with Crippen molar-refractivity contribution in [3.8, 4) is 12.1 Å². The molecule has 0 aliphatic heterocycles.